The minimum Gasteiger partial charge on any atom is -0.339 e. The fourth-order valence-electron chi connectivity index (χ4n) is 6.70. The van der Waals surface area contributed by atoms with Gasteiger partial charge in [-0.2, -0.15) is 0 Å². The van der Waals surface area contributed by atoms with E-state index in [1.807, 2.05) is 24.3 Å². The molecule has 46 heavy (non-hydrogen) atoms. The maximum atomic E-state index is 14.2. The highest BCUT2D eigenvalue weighted by Gasteiger charge is 2.35. The minimum absolute atomic E-state index is 0.430. The molecule has 4 aromatic rings. The van der Waals surface area contributed by atoms with Crippen LogP contribution >= 0.6 is 22.7 Å². The zero-order valence-corrected chi connectivity index (χ0v) is 30.7. The van der Waals surface area contributed by atoms with Gasteiger partial charge in [-0.3, -0.25) is 0 Å². The van der Waals surface area contributed by atoms with Gasteiger partial charge in [-0.25, -0.2) is 8.42 Å². The van der Waals surface area contributed by atoms with Gasteiger partial charge >= 0.3 is 0 Å². The number of sulfone groups is 1. The van der Waals surface area contributed by atoms with Gasteiger partial charge in [-0.1, -0.05) is 115 Å². The SMILES string of the molecule is CCCCCCCCCCCCCCCCCCN1c2ccc(-c3ccc(C)s3)cc2S(=O)(=O)c2cc(-c3ccc(C)s3)ccc21. The molecular weight excluding hydrogens is 623 g/mol. The Bertz CT molecular complexity index is 1550. The normalized spacial score (nSPS) is 13.6. The second-order valence-corrected chi connectivity index (χ2v) is 17.6. The van der Waals surface area contributed by atoms with E-state index in [0.717, 1.165) is 45.2 Å². The van der Waals surface area contributed by atoms with E-state index >= 15 is 0 Å². The van der Waals surface area contributed by atoms with Crippen molar-refractivity contribution in [1.29, 1.82) is 0 Å². The Labute approximate surface area is 287 Å². The van der Waals surface area contributed by atoms with Gasteiger partial charge in [-0.15, -0.1) is 22.7 Å². The molecular formula is C40H53NO2S3. The molecule has 3 nitrogen and oxygen atoms in total. The third-order valence-corrected chi connectivity index (χ3v) is 13.3. The van der Waals surface area contributed by atoms with Crippen molar-refractivity contribution in [3.8, 4) is 20.9 Å². The number of hydrogen-bond acceptors (Lipinski definition) is 5. The number of benzene rings is 2. The monoisotopic (exact) mass is 675 g/mol. The van der Waals surface area contributed by atoms with Crippen molar-refractivity contribution in [2.45, 2.75) is 133 Å². The number of unbranched alkanes of at least 4 members (excludes halogenated alkanes) is 15. The first-order valence-electron chi connectivity index (χ1n) is 17.8. The van der Waals surface area contributed by atoms with Crippen LogP contribution in [-0.4, -0.2) is 15.0 Å². The number of anilines is 2. The molecule has 5 rings (SSSR count). The molecule has 0 atom stereocenters. The molecule has 248 valence electrons. The molecule has 0 saturated carbocycles. The average Bonchev–Trinajstić information content (AvgIpc) is 3.70. The summed E-state index contributed by atoms with van der Waals surface area (Å²) in [4.78, 5) is 7.78. The summed E-state index contributed by atoms with van der Waals surface area (Å²) in [5.74, 6) is 0. The van der Waals surface area contributed by atoms with E-state index in [1.165, 1.54) is 106 Å². The fraction of sp³-hybridized carbons (Fsp3) is 0.500. The van der Waals surface area contributed by atoms with Crippen LogP contribution in [0.15, 0.2) is 70.5 Å². The predicted octanol–water partition coefficient (Wildman–Crippen LogP) is 13.3. The highest BCUT2D eigenvalue weighted by Crippen LogP contribution is 2.47. The van der Waals surface area contributed by atoms with Gasteiger partial charge in [0.2, 0.25) is 9.84 Å². The molecule has 0 radical (unpaired) electrons. The van der Waals surface area contributed by atoms with Crippen LogP contribution in [0.3, 0.4) is 0 Å². The number of rotatable bonds is 19. The number of nitrogens with zero attached hydrogens (tertiary/aromatic N) is 1. The van der Waals surface area contributed by atoms with Gasteiger partial charge < -0.3 is 4.90 Å². The third kappa shape index (κ3) is 8.93. The van der Waals surface area contributed by atoms with Crippen molar-refractivity contribution in [1.82, 2.24) is 0 Å². The second-order valence-electron chi connectivity index (χ2n) is 13.1. The van der Waals surface area contributed by atoms with Crippen molar-refractivity contribution < 1.29 is 8.42 Å². The van der Waals surface area contributed by atoms with E-state index in [4.69, 9.17) is 0 Å². The topological polar surface area (TPSA) is 37.4 Å². The van der Waals surface area contributed by atoms with Gasteiger partial charge in [0.15, 0.2) is 0 Å². The van der Waals surface area contributed by atoms with E-state index in [0.29, 0.717) is 9.79 Å². The molecule has 0 bridgehead atoms. The summed E-state index contributed by atoms with van der Waals surface area (Å²) in [6, 6.07) is 20.4. The Morgan fingerprint density at radius 3 is 1.28 bits per heavy atom. The molecule has 0 saturated heterocycles. The van der Waals surface area contributed by atoms with E-state index < -0.39 is 9.84 Å². The van der Waals surface area contributed by atoms with Gasteiger partial charge in [0.1, 0.15) is 0 Å². The number of aryl methyl sites for hydroxylation is 2. The maximum Gasteiger partial charge on any atom is 0.210 e. The lowest BCUT2D eigenvalue weighted by atomic mass is 10.0. The third-order valence-electron chi connectivity index (χ3n) is 9.37. The lowest BCUT2D eigenvalue weighted by Gasteiger charge is -2.33. The number of hydrogen-bond donors (Lipinski definition) is 0. The smallest absolute Gasteiger partial charge is 0.210 e. The van der Waals surface area contributed by atoms with Crippen LogP contribution in [0.25, 0.3) is 20.9 Å². The Balaban J connectivity index is 1.17. The number of thiophene rings is 2. The molecule has 1 aliphatic rings. The summed E-state index contributed by atoms with van der Waals surface area (Å²) in [6.07, 6.45) is 21.5. The van der Waals surface area contributed by atoms with Crippen LogP contribution in [0.1, 0.15) is 119 Å². The van der Waals surface area contributed by atoms with E-state index in [2.05, 4.69) is 62.1 Å². The quantitative estimate of drug-likeness (QED) is 0.0928. The predicted molar refractivity (Wildman–Crippen MR) is 201 cm³/mol. The Morgan fingerprint density at radius 1 is 0.522 bits per heavy atom. The molecule has 0 unspecified atom stereocenters. The number of fused-ring (bicyclic) bond motifs is 2. The standard InChI is InChI=1S/C40H53NO2S3/c1-4-5-6-7-8-9-10-11-12-13-14-15-16-17-18-19-28-41-35-24-22-33(37-26-20-31(2)44-37)29-39(35)46(42,43)40-30-34(23-25-36(40)41)38-27-21-32(3)45-38/h20-27,29-30H,4-19,28H2,1-3H3. The Morgan fingerprint density at radius 2 is 0.913 bits per heavy atom. The molecule has 0 amide bonds. The Hall–Kier alpha value is -2.41. The molecule has 0 aliphatic carbocycles. The van der Waals surface area contributed by atoms with Crippen molar-refractivity contribution in [2.24, 2.45) is 0 Å². The first kappa shape index (κ1) is 34.9. The van der Waals surface area contributed by atoms with Crippen LogP contribution in [0.2, 0.25) is 0 Å². The van der Waals surface area contributed by atoms with Crippen LogP contribution in [0.4, 0.5) is 11.4 Å². The summed E-state index contributed by atoms with van der Waals surface area (Å²) in [6.45, 7) is 7.29. The van der Waals surface area contributed by atoms with Crippen LogP contribution in [0.5, 0.6) is 0 Å². The first-order chi connectivity index (χ1) is 22.4. The molecule has 2 aromatic heterocycles. The fourth-order valence-corrected chi connectivity index (χ4v) is 10.1. The van der Waals surface area contributed by atoms with Crippen LogP contribution in [-0.2, 0) is 9.84 Å². The lowest BCUT2D eigenvalue weighted by Crippen LogP contribution is -2.27. The van der Waals surface area contributed by atoms with Crippen molar-refractivity contribution in [2.75, 3.05) is 11.4 Å². The molecule has 1 aliphatic heterocycles. The first-order valence-corrected chi connectivity index (χ1v) is 20.9. The highest BCUT2D eigenvalue weighted by molar-refractivity contribution is 7.92. The van der Waals surface area contributed by atoms with Crippen molar-refractivity contribution in [3.63, 3.8) is 0 Å². The summed E-state index contributed by atoms with van der Waals surface area (Å²) in [5, 5.41) is 0. The summed E-state index contributed by atoms with van der Waals surface area (Å²) >= 11 is 3.41. The zero-order valence-electron chi connectivity index (χ0n) is 28.3. The molecule has 0 fully saturated rings. The van der Waals surface area contributed by atoms with E-state index in [1.54, 1.807) is 22.7 Å². The molecule has 0 N–H and O–H groups in total. The average molecular weight is 676 g/mol. The van der Waals surface area contributed by atoms with Gasteiger partial charge in [0, 0.05) is 26.1 Å². The summed E-state index contributed by atoms with van der Waals surface area (Å²) < 4.78 is 28.4. The molecule has 3 heterocycles. The molecule has 0 spiro atoms. The Kier molecular flexibility index (Phi) is 13.0. The largest absolute Gasteiger partial charge is 0.339 e. The summed E-state index contributed by atoms with van der Waals surface area (Å²) in [7, 11) is -3.67. The second kappa shape index (κ2) is 17.1. The minimum atomic E-state index is -3.67. The van der Waals surface area contributed by atoms with Crippen molar-refractivity contribution in [3.05, 3.63) is 70.4 Å². The van der Waals surface area contributed by atoms with E-state index in [-0.39, 0.29) is 0 Å². The van der Waals surface area contributed by atoms with Gasteiger partial charge in [-0.05, 0) is 79.9 Å². The van der Waals surface area contributed by atoms with Crippen LogP contribution < -0.4 is 4.90 Å². The maximum absolute atomic E-state index is 14.2. The molecule has 2 aromatic carbocycles. The van der Waals surface area contributed by atoms with Gasteiger partial charge in [0.05, 0.1) is 21.2 Å². The lowest BCUT2D eigenvalue weighted by molar-refractivity contribution is 0.530. The van der Waals surface area contributed by atoms with Crippen molar-refractivity contribution >= 4 is 43.9 Å². The molecule has 6 heteroatoms. The van der Waals surface area contributed by atoms with E-state index in [9.17, 15) is 8.42 Å². The summed E-state index contributed by atoms with van der Waals surface area (Å²) in [5.41, 5.74) is 3.56. The van der Waals surface area contributed by atoms with Gasteiger partial charge in [0.25, 0.3) is 0 Å². The highest BCUT2D eigenvalue weighted by atomic mass is 32.2. The zero-order chi connectivity index (χ0) is 32.4. The van der Waals surface area contributed by atoms with Crippen LogP contribution in [0, 0.1) is 13.8 Å².